The monoisotopic (exact) mass is 337 g/mol. The fraction of sp³-hybridized carbons (Fsp3) is 0.471. The molecule has 1 heterocycles. The van der Waals surface area contributed by atoms with Gasteiger partial charge in [-0.3, -0.25) is 4.79 Å². The van der Waals surface area contributed by atoms with Crippen LogP contribution >= 0.6 is 11.8 Å². The van der Waals surface area contributed by atoms with Crippen molar-refractivity contribution in [2.75, 3.05) is 39.4 Å². The van der Waals surface area contributed by atoms with Crippen LogP contribution in [0.15, 0.2) is 24.3 Å². The Hall–Kier alpha value is -1.66. The predicted molar refractivity (Wildman–Crippen MR) is 93.3 cm³/mol. The van der Waals surface area contributed by atoms with Crippen molar-refractivity contribution in [3.8, 4) is 11.5 Å². The van der Waals surface area contributed by atoms with Crippen molar-refractivity contribution in [2.45, 2.75) is 12.0 Å². The van der Waals surface area contributed by atoms with Crippen molar-refractivity contribution >= 4 is 23.7 Å². The molecule has 0 bridgehead atoms. The maximum absolute atomic E-state index is 12.0. The van der Waals surface area contributed by atoms with Gasteiger partial charge >= 0.3 is 0 Å². The zero-order chi connectivity index (χ0) is 16.7. The predicted octanol–water partition coefficient (Wildman–Crippen LogP) is 2.36. The summed E-state index contributed by atoms with van der Waals surface area (Å²) in [5, 5.41) is 2.92. The van der Waals surface area contributed by atoms with Crippen LogP contribution in [0.3, 0.4) is 0 Å². The third-order valence-electron chi connectivity index (χ3n) is 3.92. The first kappa shape index (κ1) is 17.7. The van der Waals surface area contributed by atoms with E-state index in [-0.39, 0.29) is 11.5 Å². The molecule has 0 spiro atoms. The summed E-state index contributed by atoms with van der Waals surface area (Å²) in [6, 6.07) is 5.51. The number of carbonyl (C=O) groups excluding carboxylic acids is 1. The normalized spacial score (nSPS) is 20.7. The number of methoxy groups -OCH3 is 3. The lowest BCUT2D eigenvalue weighted by Crippen LogP contribution is -2.44. The summed E-state index contributed by atoms with van der Waals surface area (Å²) in [5.74, 6) is 3.16. The molecule has 1 aliphatic heterocycles. The first-order valence-electron chi connectivity index (χ1n) is 7.43. The smallest absolute Gasteiger partial charge is 0.244 e. The van der Waals surface area contributed by atoms with E-state index in [0.717, 1.165) is 23.5 Å². The van der Waals surface area contributed by atoms with Gasteiger partial charge in [0.05, 0.1) is 19.8 Å². The first-order chi connectivity index (χ1) is 11.1. The van der Waals surface area contributed by atoms with Crippen LogP contribution < -0.4 is 14.8 Å². The largest absolute Gasteiger partial charge is 0.493 e. The summed E-state index contributed by atoms with van der Waals surface area (Å²) in [4.78, 5) is 12.0. The van der Waals surface area contributed by atoms with Crippen LogP contribution in [0.25, 0.3) is 6.08 Å². The third kappa shape index (κ3) is 4.65. The van der Waals surface area contributed by atoms with E-state index in [1.807, 2.05) is 30.0 Å². The van der Waals surface area contributed by atoms with Gasteiger partial charge in [0.1, 0.15) is 0 Å². The summed E-state index contributed by atoms with van der Waals surface area (Å²) < 4.78 is 16.0. The van der Waals surface area contributed by atoms with Gasteiger partial charge in [-0.15, -0.1) is 0 Å². The molecule has 0 radical (unpaired) electrons. The molecule has 0 aromatic heterocycles. The molecule has 1 saturated heterocycles. The van der Waals surface area contributed by atoms with Crippen molar-refractivity contribution < 1.29 is 19.0 Å². The number of thioether (sulfide) groups is 1. The lowest BCUT2D eigenvalue weighted by atomic mass is 10.0. The molecule has 1 N–H and O–H groups in total. The van der Waals surface area contributed by atoms with Gasteiger partial charge in [-0.2, -0.15) is 11.8 Å². The minimum atomic E-state index is -0.225. The van der Waals surface area contributed by atoms with Crippen molar-refractivity contribution in [1.82, 2.24) is 5.32 Å². The quantitative estimate of drug-likeness (QED) is 0.774. The molecule has 23 heavy (non-hydrogen) atoms. The highest BCUT2D eigenvalue weighted by molar-refractivity contribution is 7.99. The minimum Gasteiger partial charge on any atom is -0.493 e. The molecule has 2 rings (SSSR count). The van der Waals surface area contributed by atoms with Gasteiger partial charge in [-0.25, -0.2) is 0 Å². The number of benzene rings is 1. The van der Waals surface area contributed by atoms with E-state index in [9.17, 15) is 4.79 Å². The molecule has 1 amide bonds. The fourth-order valence-electron chi connectivity index (χ4n) is 2.40. The van der Waals surface area contributed by atoms with E-state index >= 15 is 0 Å². The van der Waals surface area contributed by atoms with Crippen molar-refractivity contribution in [3.63, 3.8) is 0 Å². The number of hydrogen-bond acceptors (Lipinski definition) is 5. The van der Waals surface area contributed by atoms with Crippen LogP contribution in [-0.4, -0.2) is 50.9 Å². The first-order valence-corrected chi connectivity index (χ1v) is 8.59. The van der Waals surface area contributed by atoms with Gasteiger partial charge in [0.15, 0.2) is 11.5 Å². The van der Waals surface area contributed by atoms with E-state index in [1.54, 1.807) is 27.4 Å². The number of hydrogen-bond donors (Lipinski definition) is 1. The van der Waals surface area contributed by atoms with Crippen LogP contribution in [0, 0.1) is 0 Å². The van der Waals surface area contributed by atoms with Gasteiger partial charge in [0.2, 0.25) is 5.91 Å². The van der Waals surface area contributed by atoms with Crippen molar-refractivity contribution in [3.05, 3.63) is 29.8 Å². The number of rotatable bonds is 7. The van der Waals surface area contributed by atoms with Gasteiger partial charge in [-0.1, -0.05) is 6.07 Å². The van der Waals surface area contributed by atoms with Crippen LogP contribution in [0.1, 0.15) is 12.0 Å². The molecule has 1 aromatic rings. The van der Waals surface area contributed by atoms with Crippen LogP contribution in [0.5, 0.6) is 11.5 Å². The summed E-state index contributed by atoms with van der Waals surface area (Å²) in [6.45, 7) is 0.533. The zero-order valence-electron chi connectivity index (χ0n) is 13.8. The van der Waals surface area contributed by atoms with Crippen molar-refractivity contribution in [1.29, 1.82) is 0 Å². The SMILES string of the molecule is COc1ccc(C=CC(=O)NCC2(OC)CCSC2)cc1OC. The summed E-state index contributed by atoms with van der Waals surface area (Å²) in [7, 11) is 4.88. The number of nitrogens with one attached hydrogen (secondary N) is 1. The highest BCUT2D eigenvalue weighted by atomic mass is 32.2. The molecule has 1 aliphatic rings. The molecule has 5 nitrogen and oxygen atoms in total. The van der Waals surface area contributed by atoms with E-state index in [4.69, 9.17) is 14.2 Å². The molecular weight excluding hydrogens is 314 g/mol. The Balaban J connectivity index is 1.93. The molecule has 1 aromatic carbocycles. The minimum absolute atomic E-state index is 0.131. The Bertz CT molecular complexity index is 568. The van der Waals surface area contributed by atoms with Crippen LogP contribution in [0.4, 0.5) is 0 Å². The van der Waals surface area contributed by atoms with Crippen LogP contribution in [0.2, 0.25) is 0 Å². The van der Waals surface area contributed by atoms with E-state index < -0.39 is 0 Å². The van der Waals surface area contributed by atoms with Gasteiger partial charge in [0, 0.05) is 25.5 Å². The molecule has 1 unspecified atom stereocenters. The average Bonchev–Trinajstić information content (AvgIpc) is 3.07. The third-order valence-corrected chi connectivity index (χ3v) is 5.14. The Morgan fingerprint density at radius 3 is 2.70 bits per heavy atom. The zero-order valence-corrected chi connectivity index (χ0v) is 14.6. The highest BCUT2D eigenvalue weighted by Gasteiger charge is 2.34. The molecular formula is C17H23NO4S. The second-order valence-corrected chi connectivity index (χ2v) is 6.46. The number of carbonyl (C=O) groups is 1. The molecule has 0 aliphatic carbocycles. The van der Waals surface area contributed by atoms with Gasteiger partial charge < -0.3 is 19.5 Å². The Morgan fingerprint density at radius 2 is 2.09 bits per heavy atom. The standard InChI is InChI=1S/C17H23NO4S/c1-20-14-6-4-13(10-15(14)21-2)5-7-16(19)18-11-17(22-3)8-9-23-12-17/h4-7,10H,8-9,11-12H2,1-3H3,(H,18,19). The summed E-state index contributed by atoms with van der Waals surface area (Å²) in [5.41, 5.74) is 0.646. The Kier molecular flexibility index (Phi) is 6.36. The lowest BCUT2D eigenvalue weighted by molar-refractivity contribution is -0.117. The molecule has 1 fully saturated rings. The van der Waals surface area contributed by atoms with Gasteiger partial charge in [0.25, 0.3) is 0 Å². The molecule has 126 valence electrons. The number of ether oxygens (including phenoxy) is 3. The highest BCUT2D eigenvalue weighted by Crippen LogP contribution is 2.30. The van der Waals surface area contributed by atoms with E-state index in [0.29, 0.717) is 18.0 Å². The fourth-order valence-corrected chi connectivity index (χ4v) is 3.79. The number of amides is 1. The van der Waals surface area contributed by atoms with Crippen molar-refractivity contribution in [2.24, 2.45) is 0 Å². The summed E-state index contributed by atoms with van der Waals surface area (Å²) in [6.07, 6.45) is 4.24. The average molecular weight is 337 g/mol. The summed E-state index contributed by atoms with van der Waals surface area (Å²) >= 11 is 1.85. The van der Waals surface area contributed by atoms with Gasteiger partial charge in [-0.05, 0) is 35.9 Å². The molecule has 6 heteroatoms. The second-order valence-electron chi connectivity index (χ2n) is 5.36. The van der Waals surface area contributed by atoms with E-state index in [1.165, 1.54) is 6.08 Å². The molecule has 1 atom stereocenters. The maximum Gasteiger partial charge on any atom is 0.244 e. The second kappa shape index (κ2) is 8.26. The molecule has 0 saturated carbocycles. The van der Waals surface area contributed by atoms with Crippen LogP contribution in [-0.2, 0) is 9.53 Å². The Labute approximate surface area is 141 Å². The topological polar surface area (TPSA) is 56.8 Å². The van der Waals surface area contributed by atoms with E-state index in [2.05, 4.69) is 5.32 Å². The maximum atomic E-state index is 12.0. The lowest BCUT2D eigenvalue weighted by Gasteiger charge is -2.26. The Morgan fingerprint density at radius 1 is 1.30 bits per heavy atom.